The van der Waals surface area contributed by atoms with Crippen molar-refractivity contribution in [2.45, 2.75) is 41.5 Å². The van der Waals surface area contributed by atoms with Gasteiger partial charge in [0.2, 0.25) is 6.41 Å². The minimum absolute atomic E-state index is 0.313. The van der Waals surface area contributed by atoms with Crippen LogP contribution in [-0.4, -0.2) is 24.0 Å². The van der Waals surface area contributed by atoms with Crippen molar-refractivity contribution in [1.29, 1.82) is 0 Å². The smallest absolute Gasteiger partial charge is 0.354 e. The maximum Gasteiger partial charge on any atom is 0.354 e. The molecule has 1 amide bonds. The fourth-order valence-electron chi connectivity index (χ4n) is 1.28. The van der Waals surface area contributed by atoms with Crippen LogP contribution in [0.3, 0.4) is 0 Å². The van der Waals surface area contributed by atoms with Crippen LogP contribution >= 0.6 is 0 Å². The molecule has 0 spiro atoms. The van der Waals surface area contributed by atoms with Gasteiger partial charge < -0.3 is 15.0 Å². The third-order valence-electron chi connectivity index (χ3n) is 1.89. The summed E-state index contributed by atoms with van der Waals surface area (Å²) < 4.78 is 4.84. The van der Waals surface area contributed by atoms with E-state index in [-0.39, 0.29) is 0 Å². The van der Waals surface area contributed by atoms with Gasteiger partial charge in [-0.1, -0.05) is 39.8 Å². The molecule has 0 aliphatic heterocycles. The Kier molecular flexibility index (Phi) is 13.6. The summed E-state index contributed by atoms with van der Waals surface area (Å²) >= 11 is 0. The number of anilines is 1. The van der Waals surface area contributed by atoms with E-state index in [1.807, 2.05) is 40.7 Å². The molecule has 0 bridgehead atoms. The largest absolute Gasteiger partial charge is 0.461 e. The summed E-state index contributed by atoms with van der Waals surface area (Å²) in [4.78, 5) is 24.6. The molecule has 1 rings (SSSR count). The summed E-state index contributed by atoms with van der Waals surface area (Å²) in [6.07, 6.45) is 4.15. The number of aromatic amines is 1. The van der Waals surface area contributed by atoms with E-state index in [1.165, 1.54) is 0 Å². The summed E-state index contributed by atoms with van der Waals surface area (Å²) in [6, 6.07) is 1.63. The predicted octanol–water partition coefficient (Wildman–Crippen LogP) is 3.85. The van der Waals surface area contributed by atoms with E-state index in [1.54, 1.807) is 19.1 Å². The highest BCUT2D eigenvalue weighted by molar-refractivity contribution is 5.91. The highest BCUT2D eigenvalue weighted by atomic mass is 16.5. The minimum atomic E-state index is -0.438. The van der Waals surface area contributed by atoms with Crippen molar-refractivity contribution in [3.05, 3.63) is 23.4 Å². The summed E-state index contributed by atoms with van der Waals surface area (Å²) in [5, 5.41) is 2.48. The lowest BCUT2D eigenvalue weighted by molar-refractivity contribution is -0.105. The topological polar surface area (TPSA) is 71.2 Å². The quantitative estimate of drug-likeness (QED) is 0.636. The second-order valence-corrected chi connectivity index (χ2v) is 3.00. The Hall–Kier alpha value is -2.04. The fraction of sp³-hybridized carbons (Fsp3) is 0.467. The van der Waals surface area contributed by atoms with Crippen molar-refractivity contribution in [3.63, 3.8) is 0 Å². The van der Waals surface area contributed by atoms with Gasteiger partial charge in [-0.05, 0) is 19.9 Å². The lowest BCUT2D eigenvalue weighted by Crippen LogP contribution is -2.05. The van der Waals surface area contributed by atoms with E-state index in [0.717, 1.165) is 5.56 Å². The van der Waals surface area contributed by atoms with Gasteiger partial charge in [0.25, 0.3) is 0 Å². The minimum Gasteiger partial charge on any atom is -0.461 e. The molecule has 0 saturated heterocycles. The number of H-pyrrole nitrogens is 1. The van der Waals surface area contributed by atoms with Gasteiger partial charge in [-0.15, -0.1) is 0 Å². The van der Waals surface area contributed by atoms with Gasteiger partial charge in [0, 0.05) is 5.56 Å². The molecule has 0 unspecified atom stereocenters. The molecule has 0 aliphatic rings. The summed E-state index contributed by atoms with van der Waals surface area (Å²) in [6.45, 7) is 11.9. The number of nitrogens with one attached hydrogen (secondary N) is 2. The first-order valence-corrected chi connectivity index (χ1v) is 6.96. The van der Waals surface area contributed by atoms with E-state index < -0.39 is 5.97 Å². The Morgan fingerprint density at radius 2 is 1.95 bits per heavy atom. The average Bonchev–Trinajstić information content (AvgIpc) is 2.88. The van der Waals surface area contributed by atoms with Crippen molar-refractivity contribution in [1.82, 2.24) is 4.98 Å². The van der Waals surface area contributed by atoms with Crippen LogP contribution in [0.5, 0.6) is 0 Å². The number of carbonyl (C=O) groups is 2. The number of amides is 1. The second-order valence-electron chi connectivity index (χ2n) is 3.00. The molecule has 0 saturated carbocycles. The number of hydrogen-bond donors (Lipinski definition) is 2. The van der Waals surface area contributed by atoms with E-state index in [2.05, 4.69) is 10.3 Å². The van der Waals surface area contributed by atoms with Gasteiger partial charge >= 0.3 is 5.97 Å². The van der Waals surface area contributed by atoms with Crippen molar-refractivity contribution in [2.75, 3.05) is 11.9 Å². The third-order valence-corrected chi connectivity index (χ3v) is 1.89. The third kappa shape index (κ3) is 6.78. The first kappa shape index (κ1) is 20.3. The van der Waals surface area contributed by atoms with Crippen LogP contribution in [0.1, 0.15) is 57.6 Å². The predicted molar refractivity (Wildman–Crippen MR) is 83.8 cm³/mol. The molecule has 1 heterocycles. The Balaban J connectivity index is 0. The molecule has 0 radical (unpaired) electrons. The van der Waals surface area contributed by atoms with Gasteiger partial charge in [0.1, 0.15) is 11.5 Å². The highest BCUT2D eigenvalue weighted by Gasteiger charge is 2.12. The van der Waals surface area contributed by atoms with Crippen molar-refractivity contribution in [3.8, 4) is 0 Å². The first-order chi connectivity index (χ1) is 9.72. The molecular formula is C15H26N2O3. The maximum absolute atomic E-state index is 11.4. The summed E-state index contributed by atoms with van der Waals surface area (Å²) in [5.74, 6) is 0.0448. The van der Waals surface area contributed by atoms with Crippen LogP contribution in [0.25, 0.3) is 6.08 Å². The number of esters is 1. The number of aromatic nitrogens is 1. The van der Waals surface area contributed by atoms with E-state index in [0.29, 0.717) is 24.5 Å². The summed E-state index contributed by atoms with van der Waals surface area (Å²) in [5.41, 5.74) is 1.05. The Morgan fingerprint density at radius 3 is 2.40 bits per heavy atom. The van der Waals surface area contributed by atoms with Crippen molar-refractivity contribution >= 4 is 24.3 Å². The molecule has 5 heteroatoms. The molecule has 2 N–H and O–H groups in total. The molecule has 0 fully saturated rings. The monoisotopic (exact) mass is 282 g/mol. The average molecular weight is 282 g/mol. The Morgan fingerprint density at radius 1 is 1.35 bits per heavy atom. The van der Waals surface area contributed by atoms with Gasteiger partial charge in [-0.3, -0.25) is 4.79 Å². The molecule has 20 heavy (non-hydrogen) atoms. The first-order valence-electron chi connectivity index (χ1n) is 6.96. The van der Waals surface area contributed by atoms with Gasteiger partial charge in [0.15, 0.2) is 0 Å². The zero-order valence-corrected chi connectivity index (χ0v) is 13.2. The standard InChI is InChI=1S/C11H14N2O3.2C2H6/c1-3-5-8-6-9(11(15)16-4-2)13-10(8)12-7-14;2*1-2/h3,5-7,13H,4H2,1-2H3,(H,12,14);2*1-2H3/b5-3-;;. The summed E-state index contributed by atoms with van der Waals surface area (Å²) in [7, 11) is 0. The zero-order valence-electron chi connectivity index (χ0n) is 13.2. The fourth-order valence-corrected chi connectivity index (χ4v) is 1.28. The Bertz CT molecular complexity index is 409. The van der Waals surface area contributed by atoms with E-state index in [9.17, 15) is 9.59 Å². The SMILES string of the molecule is C/C=C\c1cc(C(=O)OCC)[nH]c1NC=O.CC.CC. The molecule has 0 aromatic carbocycles. The maximum atomic E-state index is 11.4. The van der Waals surface area contributed by atoms with Crippen molar-refractivity contribution in [2.24, 2.45) is 0 Å². The van der Waals surface area contributed by atoms with Gasteiger partial charge in [0.05, 0.1) is 6.61 Å². The van der Waals surface area contributed by atoms with Crippen molar-refractivity contribution < 1.29 is 14.3 Å². The van der Waals surface area contributed by atoms with Crippen LogP contribution in [-0.2, 0) is 9.53 Å². The molecule has 5 nitrogen and oxygen atoms in total. The molecule has 0 aliphatic carbocycles. The lowest BCUT2D eigenvalue weighted by Gasteiger charge is -1.97. The molecule has 114 valence electrons. The number of ether oxygens (including phenoxy) is 1. The second kappa shape index (κ2) is 13.4. The van der Waals surface area contributed by atoms with Crippen LogP contribution in [0.4, 0.5) is 5.82 Å². The van der Waals surface area contributed by atoms with Gasteiger partial charge in [-0.25, -0.2) is 4.79 Å². The molecular weight excluding hydrogens is 256 g/mol. The van der Waals surface area contributed by atoms with Crippen LogP contribution < -0.4 is 5.32 Å². The Labute approximate surface area is 121 Å². The molecule has 1 aromatic heterocycles. The number of allylic oxidation sites excluding steroid dienone is 1. The number of carbonyl (C=O) groups excluding carboxylic acids is 2. The van der Waals surface area contributed by atoms with E-state index >= 15 is 0 Å². The van der Waals surface area contributed by atoms with E-state index in [4.69, 9.17) is 4.74 Å². The zero-order chi connectivity index (χ0) is 16.0. The lowest BCUT2D eigenvalue weighted by atomic mass is 10.2. The van der Waals surface area contributed by atoms with Crippen LogP contribution in [0.2, 0.25) is 0 Å². The number of hydrogen-bond acceptors (Lipinski definition) is 3. The molecule has 0 atom stereocenters. The number of rotatable bonds is 5. The van der Waals surface area contributed by atoms with Crippen LogP contribution in [0.15, 0.2) is 12.1 Å². The highest BCUT2D eigenvalue weighted by Crippen LogP contribution is 2.18. The van der Waals surface area contributed by atoms with Gasteiger partial charge in [-0.2, -0.15) is 0 Å². The molecule has 1 aromatic rings. The van der Waals surface area contributed by atoms with Crippen LogP contribution in [0, 0.1) is 0 Å². The normalized spacial score (nSPS) is 8.90.